The van der Waals surface area contributed by atoms with E-state index in [1.807, 2.05) is 25.1 Å². The van der Waals surface area contributed by atoms with Crippen LogP contribution in [0.1, 0.15) is 18.1 Å². The van der Waals surface area contributed by atoms with E-state index >= 15 is 0 Å². The minimum atomic E-state index is -0.235. The first-order valence-electron chi connectivity index (χ1n) is 9.96. The van der Waals surface area contributed by atoms with Gasteiger partial charge in [-0.3, -0.25) is 4.79 Å². The number of halogens is 2. The lowest BCUT2D eigenvalue weighted by Gasteiger charge is -2.32. The highest BCUT2D eigenvalue weighted by Crippen LogP contribution is 2.09. The third-order valence-corrected chi connectivity index (χ3v) is 5.81. The molecule has 1 atom stereocenters. The van der Waals surface area contributed by atoms with E-state index < -0.39 is 0 Å². The van der Waals surface area contributed by atoms with E-state index in [1.54, 1.807) is 12.1 Å². The van der Waals surface area contributed by atoms with Gasteiger partial charge in [0.05, 0.1) is 0 Å². The van der Waals surface area contributed by atoms with Crippen LogP contribution in [0.15, 0.2) is 48.5 Å². The van der Waals surface area contributed by atoms with Crippen molar-refractivity contribution in [2.75, 3.05) is 32.7 Å². The Hall–Kier alpha value is -1.95. The van der Waals surface area contributed by atoms with Crippen molar-refractivity contribution in [1.82, 2.24) is 5.32 Å². The Balaban J connectivity index is 1.39. The lowest BCUT2D eigenvalue weighted by atomic mass is 10.1. The Morgan fingerprint density at radius 2 is 1.82 bits per heavy atom. The summed E-state index contributed by atoms with van der Waals surface area (Å²) in [7, 11) is 0. The van der Waals surface area contributed by atoms with E-state index in [0.29, 0.717) is 13.0 Å². The van der Waals surface area contributed by atoms with Crippen molar-refractivity contribution in [2.24, 2.45) is 0 Å². The summed E-state index contributed by atoms with van der Waals surface area (Å²) in [6, 6.07) is 14.4. The fourth-order valence-corrected chi connectivity index (χ4v) is 4.00. The van der Waals surface area contributed by atoms with E-state index in [4.69, 9.17) is 11.6 Å². The van der Waals surface area contributed by atoms with Crippen LogP contribution in [0.2, 0.25) is 5.02 Å². The number of carbonyl (C=O) groups excluding carboxylic acids is 1. The summed E-state index contributed by atoms with van der Waals surface area (Å²) in [5.74, 6) is -0.142. The highest BCUT2D eigenvalue weighted by Gasteiger charge is 2.30. The number of amides is 1. The van der Waals surface area contributed by atoms with Gasteiger partial charge in [-0.1, -0.05) is 35.9 Å². The van der Waals surface area contributed by atoms with Gasteiger partial charge in [0, 0.05) is 17.1 Å². The molecule has 1 amide bonds. The van der Waals surface area contributed by atoms with E-state index in [-0.39, 0.29) is 17.8 Å². The van der Waals surface area contributed by atoms with Gasteiger partial charge in [-0.2, -0.15) is 0 Å². The van der Waals surface area contributed by atoms with Crippen molar-refractivity contribution in [3.63, 3.8) is 0 Å². The second kappa shape index (κ2) is 10.0. The molecular formula is C22H29ClFN3O+2. The zero-order chi connectivity index (χ0) is 19.9. The van der Waals surface area contributed by atoms with Gasteiger partial charge >= 0.3 is 0 Å². The van der Waals surface area contributed by atoms with E-state index in [0.717, 1.165) is 43.3 Å². The second-order valence-corrected chi connectivity index (χ2v) is 8.04. The molecule has 1 saturated heterocycles. The van der Waals surface area contributed by atoms with Crippen molar-refractivity contribution in [2.45, 2.75) is 25.9 Å². The van der Waals surface area contributed by atoms with Crippen LogP contribution in [0, 0.1) is 5.82 Å². The molecule has 1 fully saturated rings. The van der Waals surface area contributed by atoms with Gasteiger partial charge in [-0.05, 0) is 43.2 Å². The average molecular weight is 406 g/mol. The highest BCUT2D eigenvalue weighted by molar-refractivity contribution is 6.30. The van der Waals surface area contributed by atoms with Crippen molar-refractivity contribution in [1.29, 1.82) is 0 Å². The maximum absolute atomic E-state index is 12.9. The molecule has 3 rings (SSSR count). The largest absolute Gasteiger partial charge is 0.351 e. The summed E-state index contributed by atoms with van der Waals surface area (Å²) in [4.78, 5) is 15.4. The fraction of sp³-hybridized carbons (Fsp3) is 0.409. The number of benzene rings is 2. The summed E-state index contributed by atoms with van der Waals surface area (Å²) < 4.78 is 12.9. The molecule has 1 heterocycles. The van der Waals surface area contributed by atoms with Gasteiger partial charge in [0.1, 0.15) is 38.5 Å². The Kier molecular flexibility index (Phi) is 7.43. The molecule has 2 aromatic carbocycles. The van der Waals surface area contributed by atoms with Crippen molar-refractivity contribution in [3.8, 4) is 0 Å². The first-order valence-corrected chi connectivity index (χ1v) is 10.3. The lowest BCUT2D eigenvalue weighted by molar-refractivity contribution is -1.02. The number of hydrogen-bond donors (Lipinski definition) is 3. The first kappa shape index (κ1) is 20.8. The highest BCUT2D eigenvalue weighted by atomic mass is 35.5. The van der Waals surface area contributed by atoms with E-state index in [2.05, 4.69) is 11.4 Å². The predicted molar refractivity (Wildman–Crippen MR) is 109 cm³/mol. The van der Waals surface area contributed by atoms with Crippen LogP contribution in [-0.4, -0.2) is 44.7 Å². The topological polar surface area (TPSA) is 38.0 Å². The molecule has 0 radical (unpaired) electrons. The summed E-state index contributed by atoms with van der Waals surface area (Å²) >= 11 is 6.08. The molecule has 0 saturated carbocycles. The van der Waals surface area contributed by atoms with Crippen LogP contribution in [0.3, 0.4) is 0 Å². The smallest absolute Gasteiger partial charge is 0.278 e. The molecule has 28 heavy (non-hydrogen) atoms. The number of hydrogen-bond acceptors (Lipinski definition) is 1. The fourth-order valence-electron chi connectivity index (χ4n) is 3.79. The Bertz CT molecular complexity index is 776. The minimum Gasteiger partial charge on any atom is -0.351 e. The zero-order valence-corrected chi connectivity index (χ0v) is 17.1. The van der Waals surface area contributed by atoms with Crippen molar-refractivity contribution in [3.05, 3.63) is 70.5 Å². The standard InChI is InChI=1S/C22H27ClFN3O/c1-17(22(28)25-10-9-18-5-7-21(24)8-6-18)27-13-11-26(12-14-27)16-19-3-2-4-20(23)15-19/h2-8,15,17H,9-14,16H2,1H3,(H,25,28)/p+2/t17-/m1/s1. The molecule has 3 N–H and O–H groups in total. The molecule has 0 aromatic heterocycles. The number of carbonyl (C=O) groups is 1. The molecule has 1 aliphatic heterocycles. The zero-order valence-electron chi connectivity index (χ0n) is 16.3. The molecule has 1 aliphatic rings. The van der Waals surface area contributed by atoms with Gasteiger partial charge in [-0.25, -0.2) is 4.39 Å². The molecule has 150 valence electrons. The number of nitrogens with one attached hydrogen (secondary N) is 3. The van der Waals surface area contributed by atoms with Gasteiger partial charge in [0.15, 0.2) is 6.04 Å². The molecule has 0 spiro atoms. The Labute approximate surface area is 171 Å². The summed E-state index contributed by atoms with van der Waals surface area (Å²) in [5, 5.41) is 3.81. The van der Waals surface area contributed by atoms with Crippen LogP contribution in [0.25, 0.3) is 0 Å². The first-order chi connectivity index (χ1) is 13.5. The van der Waals surface area contributed by atoms with Crippen LogP contribution in [-0.2, 0) is 17.8 Å². The summed E-state index contributed by atoms with van der Waals surface area (Å²) in [6.07, 6.45) is 0.714. The van der Waals surface area contributed by atoms with Crippen LogP contribution in [0.4, 0.5) is 4.39 Å². The van der Waals surface area contributed by atoms with E-state index in [1.165, 1.54) is 27.5 Å². The van der Waals surface area contributed by atoms with Gasteiger partial charge < -0.3 is 15.1 Å². The molecule has 4 nitrogen and oxygen atoms in total. The quantitative estimate of drug-likeness (QED) is 0.617. The van der Waals surface area contributed by atoms with Crippen molar-refractivity contribution < 1.29 is 19.0 Å². The van der Waals surface area contributed by atoms with Crippen LogP contribution in [0.5, 0.6) is 0 Å². The lowest BCUT2D eigenvalue weighted by Crippen LogP contribution is -3.29. The van der Waals surface area contributed by atoms with E-state index in [9.17, 15) is 9.18 Å². The number of quaternary nitrogens is 2. The normalized spacial score (nSPS) is 20.5. The third kappa shape index (κ3) is 6.03. The summed E-state index contributed by atoms with van der Waals surface area (Å²) in [6.45, 7) is 7.64. The molecular weight excluding hydrogens is 377 g/mol. The third-order valence-electron chi connectivity index (χ3n) is 5.57. The van der Waals surface area contributed by atoms with Gasteiger partial charge in [0.25, 0.3) is 5.91 Å². The van der Waals surface area contributed by atoms with Gasteiger partial charge in [0.2, 0.25) is 0 Å². The summed E-state index contributed by atoms with van der Waals surface area (Å²) in [5.41, 5.74) is 2.29. The van der Waals surface area contributed by atoms with Crippen LogP contribution < -0.4 is 15.1 Å². The minimum absolute atomic E-state index is 0.0547. The molecule has 0 aliphatic carbocycles. The Morgan fingerprint density at radius 3 is 2.50 bits per heavy atom. The average Bonchev–Trinajstić information content (AvgIpc) is 2.69. The van der Waals surface area contributed by atoms with Crippen molar-refractivity contribution >= 4 is 17.5 Å². The maximum Gasteiger partial charge on any atom is 0.278 e. The molecule has 0 bridgehead atoms. The van der Waals surface area contributed by atoms with Gasteiger partial charge in [-0.15, -0.1) is 0 Å². The second-order valence-electron chi connectivity index (χ2n) is 7.60. The molecule has 0 unspecified atom stereocenters. The number of piperazine rings is 1. The maximum atomic E-state index is 12.9. The molecule has 6 heteroatoms. The van der Waals surface area contributed by atoms with Crippen LogP contribution >= 0.6 is 11.6 Å². The number of rotatable bonds is 7. The predicted octanol–water partition coefficient (Wildman–Crippen LogP) is 0.510. The SMILES string of the molecule is C[C@H](C(=O)NCCc1ccc(F)cc1)[NH+]1CC[NH+](Cc2cccc(Cl)c2)CC1. The Morgan fingerprint density at radius 1 is 1.11 bits per heavy atom. The molecule has 2 aromatic rings. The monoisotopic (exact) mass is 405 g/mol.